The number of hydrogen-bond acceptors (Lipinski definition) is 12. The van der Waals surface area contributed by atoms with Gasteiger partial charge in [0.15, 0.2) is 0 Å². The lowest BCUT2D eigenvalue weighted by Crippen LogP contribution is -2.52. The summed E-state index contributed by atoms with van der Waals surface area (Å²) in [5, 5.41) is 16.7. The number of nitrogens with zero attached hydrogens (tertiary/aromatic N) is 5. The Labute approximate surface area is 264 Å². The Morgan fingerprint density at radius 1 is 0.756 bits per heavy atom. The summed E-state index contributed by atoms with van der Waals surface area (Å²) in [5.41, 5.74) is 2.46. The predicted octanol–water partition coefficient (Wildman–Crippen LogP) is 2.91. The summed E-state index contributed by atoms with van der Waals surface area (Å²) in [4.78, 5) is 31.6. The van der Waals surface area contributed by atoms with Gasteiger partial charge >= 0.3 is 0 Å². The molecule has 1 amide bonds. The van der Waals surface area contributed by atoms with Gasteiger partial charge in [0.05, 0.1) is 32.0 Å². The first-order valence-corrected chi connectivity index (χ1v) is 16.0. The van der Waals surface area contributed by atoms with Gasteiger partial charge in [-0.15, -0.1) is 0 Å². The van der Waals surface area contributed by atoms with Crippen LogP contribution in [-0.2, 0) is 15.1 Å². The SMILES string of the molecule is CC1(c2ccc(Nc3nc(NCCCN4CCOCC4)nc(NCCCN4CCOCC4)n3)cc2)NC(=O)c2ccccc2N1. The van der Waals surface area contributed by atoms with Crippen LogP contribution in [0.2, 0.25) is 0 Å². The molecular weight excluding hydrogens is 572 g/mol. The molecule has 2 aromatic carbocycles. The molecule has 5 N–H and O–H groups in total. The molecule has 45 heavy (non-hydrogen) atoms. The second-order valence-corrected chi connectivity index (χ2v) is 11.7. The Balaban J connectivity index is 1.09. The molecule has 1 atom stereocenters. The minimum Gasteiger partial charge on any atom is -0.379 e. The van der Waals surface area contributed by atoms with E-state index in [-0.39, 0.29) is 5.91 Å². The van der Waals surface area contributed by atoms with Gasteiger partial charge < -0.3 is 36.1 Å². The summed E-state index contributed by atoms with van der Waals surface area (Å²) in [5.74, 6) is 1.41. The van der Waals surface area contributed by atoms with E-state index in [0.29, 0.717) is 23.4 Å². The predicted molar refractivity (Wildman–Crippen MR) is 175 cm³/mol. The number of fused-ring (bicyclic) bond motifs is 1. The van der Waals surface area contributed by atoms with E-state index in [4.69, 9.17) is 9.47 Å². The zero-order valence-corrected chi connectivity index (χ0v) is 26.0. The highest BCUT2D eigenvalue weighted by Gasteiger charge is 2.34. The zero-order valence-electron chi connectivity index (χ0n) is 26.0. The molecule has 13 nitrogen and oxygen atoms in total. The van der Waals surface area contributed by atoms with Gasteiger partial charge in [-0.3, -0.25) is 14.6 Å². The normalized spacial score (nSPS) is 20.5. The van der Waals surface area contributed by atoms with Gasteiger partial charge in [0, 0.05) is 50.6 Å². The van der Waals surface area contributed by atoms with Crippen LogP contribution in [0.4, 0.5) is 29.2 Å². The van der Waals surface area contributed by atoms with Crippen LogP contribution in [-0.4, -0.2) is 109 Å². The molecule has 1 aromatic heterocycles. The summed E-state index contributed by atoms with van der Waals surface area (Å²) in [6.07, 6.45) is 1.96. The van der Waals surface area contributed by atoms with E-state index in [1.54, 1.807) is 0 Å². The van der Waals surface area contributed by atoms with E-state index in [2.05, 4.69) is 51.3 Å². The summed E-state index contributed by atoms with van der Waals surface area (Å²) < 4.78 is 10.9. The van der Waals surface area contributed by atoms with Gasteiger partial charge in [0.2, 0.25) is 17.8 Å². The lowest BCUT2D eigenvalue weighted by Gasteiger charge is -2.38. The van der Waals surface area contributed by atoms with Crippen molar-refractivity contribution in [3.05, 3.63) is 59.7 Å². The maximum atomic E-state index is 12.8. The highest BCUT2D eigenvalue weighted by Crippen LogP contribution is 2.31. The molecule has 0 radical (unpaired) electrons. The quantitative estimate of drug-likeness (QED) is 0.180. The maximum Gasteiger partial charge on any atom is 0.255 e. The number of nitrogens with one attached hydrogen (secondary N) is 5. The Hall–Kier alpha value is -4.04. The molecule has 3 aliphatic heterocycles. The number of benzene rings is 2. The van der Waals surface area contributed by atoms with Crippen LogP contribution in [0.3, 0.4) is 0 Å². The number of aromatic nitrogens is 3. The summed E-state index contributed by atoms with van der Waals surface area (Å²) in [6, 6.07) is 15.4. The Morgan fingerprint density at radius 3 is 1.91 bits per heavy atom. The standard InChI is InChI=1S/C32H44N10O3/c1-32(39-27-7-3-2-6-26(27)28(43)40-32)24-8-10-25(11-9-24)35-31-37-29(33-12-4-14-41-16-20-44-21-17-41)36-30(38-31)34-13-5-15-42-18-22-45-23-19-42/h2-3,6-11,39H,4-5,12-23H2,1H3,(H,40,43)(H3,33,34,35,36,37,38). The van der Waals surface area contributed by atoms with Crippen molar-refractivity contribution in [2.75, 3.05) is 100 Å². The number of morpholine rings is 2. The highest BCUT2D eigenvalue weighted by molar-refractivity contribution is 6.02. The van der Waals surface area contributed by atoms with Crippen LogP contribution >= 0.6 is 0 Å². The molecule has 0 bridgehead atoms. The fourth-order valence-corrected chi connectivity index (χ4v) is 5.79. The van der Waals surface area contributed by atoms with Crippen molar-refractivity contribution in [1.82, 2.24) is 30.1 Å². The minimum absolute atomic E-state index is 0.103. The van der Waals surface area contributed by atoms with E-state index < -0.39 is 5.66 Å². The largest absolute Gasteiger partial charge is 0.379 e. The molecule has 4 heterocycles. The first-order chi connectivity index (χ1) is 22.0. The average Bonchev–Trinajstić information content (AvgIpc) is 3.06. The number of para-hydroxylation sites is 1. The van der Waals surface area contributed by atoms with Gasteiger partial charge in [-0.25, -0.2) is 0 Å². The Bertz CT molecular complexity index is 1370. The monoisotopic (exact) mass is 616 g/mol. The van der Waals surface area contributed by atoms with Crippen LogP contribution in [0, 0.1) is 0 Å². The van der Waals surface area contributed by atoms with Gasteiger partial charge in [0.1, 0.15) is 5.66 Å². The molecule has 240 valence electrons. The van der Waals surface area contributed by atoms with Crippen LogP contribution in [0.5, 0.6) is 0 Å². The zero-order chi connectivity index (χ0) is 30.9. The van der Waals surface area contributed by atoms with Crippen molar-refractivity contribution in [3.8, 4) is 0 Å². The molecule has 2 saturated heterocycles. The Kier molecular flexibility index (Phi) is 10.2. The lowest BCUT2D eigenvalue weighted by atomic mass is 9.96. The van der Waals surface area contributed by atoms with Crippen LogP contribution in [0.15, 0.2) is 48.5 Å². The number of hydrogen-bond donors (Lipinski definition) is 5. The summed E-state index contributed by atoms with van der Waals surface area (Å²) in [6.45, 7) is 12.6. The van der Waals surface area contributed by atoms with Gasteiger partial charge in [-0.1, -0.05) is 24.3 Å². The fraction of sp³-hybridized carbons (Fsp3) is 0.500. The average molecular weight is 617 g/mol. The van der Waals surface area contributed by atoms with Crippen molar-refractivity contribution in [3.63, 3.8) is 0 Å². The lowest BCUT2D eigenvalue weighted by molar-refractivity contribution is 0.0378. The number of amides is 1. The number of carbonyl (C=O) groups is 1. The number of ether oxygens (including phenoxy) is 2. The topological polar surface area (TPSA) is 141 Å². The van der Waals surface area contributed by atoms with E-state index in [1.807, 2.05) is 55.5 Å². The number of anilines is 5. The number of carbonyl (C=O) groups excluding carboxylic acids is 1. The smallest absolute Gasteiger partial charge is 0.255 e. The van der Waals surface area contributed by atoms with E-state index in [1.165, 1.54) is 0 Å². The van der Waals surface area contributed by atoms with Gasteiger partial charge in [-0.2, -0.15) is 15.0 Å². The second kappa shape index (κ2) is 14.8. The third kappa shape index (κ3) is 8.37. The van der Waals surface area contributed by atoms with Gasteiger partial charge in [-0.05, 0) is 62.7 Å². The summed E-state index contributed by atoms with van der Waals surface area (Å²) >= 11 is 0. The van der Waals surface area contributed by atoms with Crippen molar-refractivity contribution >= 4 is 35.1 Å². The molecule has 2 fully saturated rings. The fourth-order valence-electron chi connectivity index (χ4n) is 5.79. The molecule has 13 heteroatoms. The van der Waals surface area contributed by atoms with Crippen molar-refractivity contribution in [2.24, 2.45) is 0 Å². The third-order valence-corrected chi connectivity index (χ3v) is 8.35. The first-order valence-electron chi connectivity index (χ1n) is 16.0. The second-order valence-electron chi connectivity index (χ2n) is 11.7. The highest BCUT2D eigenvalue weighted by atomic mass is 16.5. The molecular formula is C32H44N10O3. The first kappa shape index (κ1) is 31.0. The molecule has 6 rings (SSSR count). The maximum absolute atomic E-state index is 12.8. The third-order valence-electron chi connectivity index (χ3n) is 8.35. The molecule has 3 aliphatic rings. The van der Waals surface area contributed by atoms with Crippen molar-refractivity contribution in [2.45, 2.75) is 25.4 Å². The van der Waals surface area contributed by atoms with E-state index in [0.717, 1.165) is 109 Å². The number of rotatable bonds is 13. The van der Waals surface area contributed by atoms with Crippen LogP contribution in [0.1, 0.15) is 35.7 Å². The van der Waals surface area contributed by atoms with E-state index >= 15 is 0 Å². The van der Waals surface area contributed by atoms with Crippen LogP contribution < -0.4 is 26.6 Å². The van der Waals surface area contributed by atoms with Crippen molar-refractivity contribution in [1.29, 1.82) is 0 Å². The molecule has 0 aliphatic carbocycles. The minimum atomic E-state index is -0.742. The Morgan fingerprint density at radius 2 is 1.31 bits per heavy atom. The molecule has 1 unspecified atom stereocenters. The van der Waals surface area contributed by atoms with Gasteiger partial charge in [0.25, 0.3) is 5.91 Å². The summed E-state index contributed by atoms with van der Waals surface area (Å²) in [7, 11) is 0. The molecule has 0 saturated carbocycles. The van der Waals surface area contributed by atoms with E-state index in [9.17, 15) is 4.79 Å². The molecule has 3 aromatic rings. The van der Waals surface area contributed by atoms with Crippen LogP contribution in [0.25, 0.3) is 0 Å². The van der Waals surface area contributed by atoms with Crippen molar-refractivity contribution < 1.29 is 14.3 Å². The molecule has 0 spiro atoms.